The monoisotopic (exact) mass is 465 g/mol. The van der Waals surface area contributed by atoms with Crippen molar-refractivity contribution in [3.8, 4) is 17.2 Å². The Morgan fingerprint density at radius 2 is 1.76 bits per heavy atom. The SMILES string of the molecule is COc1cc(C2c3c(oc4ccc(C)cc4c3=O)C(=O)N2CC2CCCO2)cc(OC)c1OC. The Balaban J connectivity index is 1.75. The maximum Gasteiger partial charge on any atom is 0.291 e. The van der Waals surface area contributed by atoms with Crippen LogP contribution in [-0.2, 0) is 4.74 Å². The summed E-state index contributed by atoms with van der Waals surface area (Å²) in [6, 6.07) is 8.25. The van der Waals surface area contributed by atoms with E-state index < -0.39 is 6.04 Å². The highest BCUT2D eigenvalue weighted by molar-refractivity contribution is 5.99. The summed E-state index contributed by atoms with van der Waals surface area (Å²) in [5, 5.41) is 0.447. The Morgan fingerprint density at radius 3 is 2.38 bits per heavy atom. The molecule has 0 radical (unpaired) electrons. The quantitative estimate of drug-likeness (QED) is 0.546. The minimum Gasteiger partial charge on any atom is -0.493 e. The number of methoxy groups -OCH3 is 3. The molecule has 2 aromatic carbocycles. The van der Waals surface area contributed by atoms with Crippen LogP contribution in [0.15, 0.2) is 39.5 Å². The van der Waals surface area contributed by atoms with Crippen LogP contribution in [0.4, 0.5) is 0 Å². The predicted octanol–water partition coefficient (Wildman–Crippen LogP) is 3.85. The molecule has 3 heterocycles. The zero-order valence-electron chi connectivity index (χ0n) is 19.7. The van der Waals surface area contributed by atoms with Crippen LogP contribution in [0.3, 0.4) is 0 Å². The van der Waals surface area contributed by atoms with Gasteiger partial charge in [-0.05, 0) is 49.6 Å². The number of amides is 1. The Morgan fingerprint density at radius 1 is 1.03 bits per heavy atom. The summed E-state index contributed by atoms with van der Waals surface area (Å²) in [7, 11) is 4.59. The van der Waals surface area contributed by atoms with Gasteiger partial charge in [0.1, 0.15) is 5.58 Å². The topological polar surface area (TPSA) is 87.4 Å². The number of carbonyl (C=O) groups excluding carboxylic acids is 1. The zero-order valence-corrected chi connectivity index (χ0v) is 19.7. The van der Waals surface area contributed by atoms with E-state index in [9.17, 15) is 9.59 Å². The molecule has 8 nitrogen and oxygen atoms in total. The number of fused-ring (bicyclic) bond motifs is 2. The normalized spacial score (nSPS) is 19.5. The van der Waals surface area contributed by atoms with E-state index in [2.05, 4.69) is 0 Å². The van der Waals surface area contributed by atoms with Gasteiger partial charge in [0.05, 0.1) is 44.4 Å². The standard InChI is InChI=1S/C26H27NO7/c1-14-7-8-18-17(10-14)23(28)21-22(15-11-19(30-2)24(32-4)20(12-15)31-3)27(26(29)25(21)34-18)13-16-6-5-9-33-16/h7-8,10-12,16,22H,5-6,9,13H2,1-4H3. The number of hydrogen-bond donors (Lipinski definition) is 0. The fraction of sp³-hybridized carbons (Fsp3) is 0.385. The summed E-state index contributed by atoms with van der Waals surface area (Å²) in [4.78, 5) is 29.0. The molecule has 0 aliphatic carbocycles. The Hall–Kier alpha value is -3.52. The van der Waals surface area contributed by atoms with Crippen LogP contribution < -0.4 is 19.6 Å². The van der Waals surface area contributed by atoms with Crippen molar-refractivity contribution in [1.82, 2.24) is 4.90 Å². The number of benzene rings is 2. The van der Waals surface area contributed by atoms with Gasteiger partial charge in [0.15, 0.2) is 16.9 Å². The molecule has 0 saturated carbocycles. The third-order valence-corrected chi connectivity index (χ3v) is 6.55. The Bertz CT molecular complexity index is 1300. The molecule has 0 bridgehead atoms. The van der Waals surface area contributed by atoms with Crippen LogP contribution >= 0.6 is 0 Å². The lowest BCUT2D eigenvalue weighted by molar-refractivity contribution is 0.0486. The van der Waals surface area contributed by atoms with Gasteiger partial charge in [-0.2, -0.15) is 0 Å². The fourth-order valence-corrected chi connectivity index (χ4v) is 4.94. The van der Waals surface area contributed by atoms with Crippen molar-refractivity contribution in [1.29, 1.82) is 0 Å². The van der Waals surface area contributed by atoms with Gasteiger partial charge < -0.3 is 28.3 Å². The molecule has 0 N–H and O–H groups in total. The van der Waals surface area contributed by atoms with E-state index in [4.69, 9.17) is 23.4 Å². The Kier molecular flexibility index (Phi) is 5.69. The van der Waals surface area contributed by atoms with E-state index in [1.54, 1.807) is 29.2 Å². The van der Waals surface area contributed by atoms with E-state index in [0.717, 1.165) is 18.4 Å². The zero-order chi connectivity index (χ0) is 24.0. The van der Waals surface area contributed by atoms with E-state index in [0.29, 0.717) is 52.5 Å². The third kappa shape index (κ3) is 3.49. The summed E-state index contributed by atoms with van der Waals surface area (Å²) in [6.45, 7) is 2.92. The molecule has 1 aromatic heterocycles. The average Bonchev–Trinajstić information content (AvgIpc) is 3.46. The van der Waals surface area contributed by atoms with Crippen molar-refractivity contribution in [2.45, 2.75) is 31.9 Å². The lowest BCUT2D eigenvalue weighted by Crippen LogP contribution is -2.36. The van der Waals surface area contributed by atoms with Gasteiger partial charge in [0, 0.05) is 13.2 Å². The van der Waals surface area contributed by atoms with Crippen molar-refractivity contribution < 1.29 is 28.2 Å². The second kappa shape index (κ2) is 8.68. The van der Waals surface area contributed by atoms with Gasteiger partial charge in [-0.25, -0.2) is 0 Å². The maximum atomic E-state index is 13.8. The van der Waals surface area contributed by atoms with Crippen molar-refractivity contribution >= 4 is 16.9 Å². The Labute approximate surface area is 197 Å². The molecule has 1 fully saturated rings. The molecule has 1 amide bonds. The lowest BCUT2D eigenvalue weighted by atomic mass is 9.97. The van der Waals surface area contributed by atoms with Crippen LogP contribution in [0.2, 0.25) is 0 Å². The fourth-order valence-electron chi connectivity index (χ4n) is 4.94. The van der Waals surface area contributed by atoms with Crippen LogP contribution in [0.5, 0.6) is 17.2 Å². The molecule has 2 unspecified atom stereocenters. The van der Waals surface area contributed by atoms with Crippen molar-refractivity contribution in [3.63, 3.8) is 0 Å². The van der Waals surface area contributed by atoms with E-state index in [1.165, 1.54) is 21.3 Å². The van der Waals surface area contributed by atoms with Crippen LogP contribution in [0, 0.1) is 6.92 Å². The maximum absolute atomic E-state index is 13.8. The molecule has 34 heavy (non-hydrogen) atoms. The first kappa shape index (κ1) is 22.3. The van der Waals surface area contributed by atoms with Crippen LogP contribution in [0.25, 0.3) is 11.0 Å². The molecular formula is C26H27NO7. The molecule has 2 atom stereocenters. The minimum atomic E-state index is -0.679. The number of hydrogen-bond acceptors (Lipinski definition) is 7. The number of rotatable bonds is 6. The average molecular weight is 466 g/mol. The minimum absolute atomic E-state index is 0.0677. The van der Waals surface area contributed by atoms with E-state index in [-0.39, 0.29) is 23.2 Å². The van der Waals surface area contributed by atoms with Gasteiger partial charge in [0.25, 0.3) is 5.91 Å². The van der Waals surface area contributed by atoms with E-state index in [1.807, 2.05) is 13.0 Å². The highest BCUT2D eigenvalue weighted by Gasteiger charge is 2.44. The molecule has 3 aromatic rings. The highest BCUT2D eigenvalue weighted by atomic mass is 16.5. The third-order valence-electron chi connectivity index (χ3n) is 6.55. The molecule has 2 aliphatic heterocycles. The van der Waals surface area contributed by atoms with Gasteiger partial charge in [-0.15, -0.1) is 0 Å². The largest absolute Gasteiger partial charge is 0.493 e. The summed E-state index contributed by atoms with van der Waals surface area (Å²) in [5.74, 6) is 1.05. The predicted molar refractivity (Wildman–Crippen MR) is 125 cm³/mol. The molecule has 2 aliphatic rings. The number of nitrogens with zero attached hydrogens (tertiary/aromatic N) is 1. The van der Waals surface area contributed by atoms with Gasteiger partial charge in [0.2, 0.25) is 11.5 Å². The summed E-state index contributed by atoms with van der Waals surface area (Å²) in [5.41, 5.74) is 2.09. The summed E-state index contributed by atoms with van der Waals surface area (Å²) >= 11 is 0. The highest BCUT2D eigenvalue weighted by Crippen LogP contribution is 2.45. The van der Waals surface area contributed by atoms with Gasteiger partial charge in [-0.3, -0.25) is 9.59 Å². The first-order valence-corrected chi connectivity index (χ1v) is 11.3. The number of carbonyl (C=O) groups is 1. The van der Waals surface area contributed by atoms with Crippen molar-refractivity contribution in [2.75, 3.05) is 34.5 Å². The molecule has 8 heteroatoms. The second-order valence-corrected chi connectivity index (χ2v) is 8.63. The molecule has 178 valence electrons. The summed E-state index contributed by atoms with van der Waals surface area (Å²) in [6.07, 6.45) is 1.69. The van der Waals surface area contributed by atoms with Crippen molar-refractivity contribution in [2.24, 2.45) is 0 Å². The molecule has 0 spiro atoms. The number of aryl methyl sites for hydroxylation is 1. The first-order chi connectivity index (χ1) is 16.5. The smallest absolute Gasteiger partial charge is 0.291 e. The van der Waals surface area contributed by atoms with Crippen molar-refractivity contribution in [3.05, 3.63) is 63.0 Å². The number of ether oxygens (including phenoxy) is 4. The molecule has 5 rings (SSSR count). The molecular weight excluding hydrogens is 438 g/mol. The molecule has 1 saturated heterocycles. The lowest BCUT2D eigenvalue weighted by Gasteiger charge is -2.28. The second-order valence-electron chi connectivity index (χ2n) is 8.63. The van der Waals surface area contributed by atoms with Crippen LogP contribution in [-0.4, -0.2) is 51.4 Å². The van der Waals surface area contributed by atoms with Gasteiger partial charge >= 0.3 is 0 Å². The van der Waals surface area contributed by atoms with Gasteiger partial charge in [-0.1, -0.05) is 11.6 Å². The van der Waals surface area contributed by atoms with Crippen LogP contribution in [0.1, 0.15) is 46.1 Å². The first-order valence-electron chi connectivity index (χ1n) is 11.3. The van der Waals surface area contributed by atoms with E-state index >= 15 is 0 Å². The summed E-state index contributed by atoms with van der Waals surface area (Å²) < 4.78 is 28.4.